The van der Waals surface area contributed by atoms with Crippen LogP contribution in [0.1, 0.15) is 36.3 Å². The number of fused-ring (bicyclic) bond motifs is 3. The number of aliphatic carboxylic acids is 1. The number of nitrogens with zero attached hydrogens (tertiary/aromatic N) is 1. The lowest BCUT2D eigenvalue weighted by molar-refractivity contribution is -0.140. The predicted octanol–water partition coefficient (Wildman–Crippen LogP) is 3.03. The highest BCUT2D eigenvalue weighted by molar-refractivity contribution is 8.26. The van der Waals surface area contributed by atoms with Crippen LogP contribution in [0.5, 0.6) is 0 Å². The van der Waals surface area contributed by atoms with Crippen LogP contribution >= 0.6 is 24.0 Å². The van der Waals surface area contributed by atoms with Gasteiger partial charge in [0.15, 0.2) is 0 Å². The number of carboxylic acids is 1. The van der Waals surface area contributed by atoms with E-state index >= 15 is 0 Å². The van der Waals surface area contributed by atoms with Crippen molar-refractivity contribution in [1.82, 2.24) is 4.90 Å². The minimum absolute atomic E-state index is 0.298. The van der Waals surface area contributed by atoms with E-state index in [0.717, 1.165) is 22.2 Å². The van der Waals surface area contributed by atoms with Gasteiger partial charge in [-0.1, -0.05) is 36.5 Å². The molecule has 1 saturated carbocycles. The third-order valence-corrected chi connectivity index (χ3v) is 6.17. The van der Waals surface area contributed by atoms with E-state index in [1.54, 1.807) is 0 Å². The van der Waals surface area contributed by atoms with Gasteiger partial charge in [-0.3, -0.25) is 14.5 Å². The van der Waals surface area contributed by atoms with Crippen LogP contribution in [-0.4, -0.2) is 38.8 Å². The number of carbonyl (C=O) groups excluding carboxylic acids is 1. The Morgan fingerprint density at radius 3 is 3.08 bits per heavy atom. The van der Waals surface area contributed by atoms with E-state index in [0.29, 0.717) is 21.2 Å². The highest BCUT2D eigenvalue weighted by Crippen LogP contribution is 2.45. The second-order valence-corrected chi connectivity index (χ2v) is 7.97. The van der Waals surface area contributed by atoms with E-state index < -0.39 is 5.97 Å². The Balaban J connectivity index is 1.61. The summed E-state index contributed by atoms with van der Waals surface area (Å²) in [5.74, 6) is -0.830. The standard InChI is InChI=1S/C17H16N2O3S2/c20-15(21)8-19-16(22)14(24-17(19)23)7-9-4-5-13-11(6-9)10-2-1-3-12(10)18-13/h4-7,10,12,18H,1-3,8H2,(H,20,21)/b14-7+. The predicted molar refractivity (Wildman–Crippen MR) is 98.0 cm³/mol. The molecule has 1 aromatic rings. The monoisotopic (exact) mass is 360 g/mol. The molecule has 0 aromatic heterocycles. The fraction of sp³-hybridized carbons (Fsp3) is 0.353. The molecule has 2 aliphatic heterocycles. The largest absolute Gasteiger partial charge is 0.480 e. The van der Waals surface area contributed by atoms with Gasteiger partial charge in [0.2, 0.25) is 0 Å². The molecule has 0 bridgehead atoms. The maximum Gasteiger partial charge on any atom is 0.323 e. The molecule has 7 heteroatoms. The first-order chi connectivity index (χ1) is 11.5. The van der Waals surface area contributed by atoms with Crippen molar-refractivity contribution in [3.8, 4) is 0 Å². The number of hydrogen-bond acceptors (Lipinski definition) is 5. The summed E-state index contributed by atoms with van der Waals surface area (Å²) in [5.41, 5.74) is 3.48. The van der Waals surface area contributed by atoms with Gasteiger partial charge in [0.05, 0.1) is 4.91 Å². The van der Waals surface area contributed by atoms with Crippen LogP contribution in [0, 0.1) is 0 Å². The number of benzene rings is 1. The minimum atomic E-state index is -1.07. The Labute approximate surface area is 149 Å². The molecule has 1 aliphatic carbocycles. The summed E-state index contributed by atoms with van der Waals surface area (Å²) in [4.78, 5) is 24.8. The topological polar surface area (TPSA) is 69.6 Å². The first-order valence-corrected chi connectivity index (χ1v) is 9.13. The van der Waals surface area contributed by atoms with Gasteiger partial charge in [-0.2, -0.15) is 0 Å². The summed E-state index contributed by atoms with van der Waals surface area (Å²) in [6.45, 7) is -0.389. The van der Waals surface area contributed by atoms with Crippen molar-refractivity contribution in [2.45, 2.75) is 31.2 Å². The fourth-order valence-corrected chi connectivity index (χ4v) is 4.99. The summed E-state index contributed by atoms with van der Waals surface area (Å²) >= 11 is 6.29. The third-order valence-electron chi connectivity index (χ3n) is 4.80. The Bertz CT molecular complexity index is 790. The zero-order valence-electron chi connectivity index (χ0n) is 12.8. The lowest BCUT2D eigenvalue weighted by atomic mass is 9.96. The van der Waals surface area contributed by atoms with Gasteiger partial charge in [-0.05, 0) is 42.2 Å². The quantitative estimate of drug-likeness (QED) is 0.638. The molecule has 24 heavy (non-hydrogen) atoms. The first kappa shape index (κ1) is 15.7. The van der Waals surface area contributed by atoms with Crippen LogP contribution in [-0.2, 0) is 9.59 Å². The number of rotatable bonds is 3. The van der Waals surface area contributed by atoms with Gasteiger partial charge in [-0.25, -0.2) is 0 Å². The number of carboxylic acid groups (broad SMARTS) is 1. The Kier molecular flexibility index (Phi) is 3.85. The number of carbonyl (C=O) groups is 2. The Morgan fingerprint density at radius 1 is 1.46 bits per heavy atom. The molecule has 3 aliphatic rings. The number of anilines is 1. The molecular weight excluding hydrogens is 344 g/mol. The molecule has 4 rings (SSSR count). The van der Waals surface area contributed by atoms with Gasteiger partial charge in [-0.15, -0.1) is 0 Å². The van der Waals surface area contributed by atoms with Crippen LogP contribution in [0.15, 0.2) is 23.1 Å². The molecule has 1 saturated heterocycles. The normalized spacial score (nSPS) is 26.7. The summed E-state index contributed by atoms with van der Waals surface area (Å²) in [6, 6.07) is 6.74. The van der Waals surface area contributed by atoms with Gasteiger partial charge in [0, 0.05) is 17.6 Å². The van der Waals surface area contributed by atoms with Crippen molar-refractivity contribution in [1.29, 1.82) is 0 Å². The van der Waals surface area contributed by atoms with E-state index in [9.17, 15) is 9.59 Å². The van der Waals surface area contributed by atoms with E-state index in [1.165, 1.54) is 30.5 Å². The van der Waals surface area contributed by atoms with Gasteiger partial charge in [0.25, 0.3) is 5.91 Å². The Morgan fingerprint density at radius 2 is 2.29 bits per heavy atom. The second kappa shape index (κ2) is 5.89. The summed E-state index contributed by atoms with van der Waals surface area (Å²) in [6.07, 6.45) is 5.47. The maximum atomic E-state index is 12.3. The average Bonchev–Trinajstić information content (AvgIpc) is 3.18. The van der Waals surface area contributed by atoms with Crippen LogP contribution in [0.25, 0.3) is 6.08 Å². The molecule has 5 nitrogen and oxygen atoms in total. The Hall–Kier alpha value is -1.86. The van der Waals surface area contributed by atoms with Crippen LogP contribution in [0.4, 0.5) is 5.69 Å². The second-order valence-electron chi connectivity index (χ2n) is 6.30. The third kappa shape index (κ3) is 2.61. The number of thioether (sulfide) groups is 1. The van der Waals surface area contributed by atoms with Crippen molar-refractivity contribution < 1.29 is 14.7 Å². The number of hydrogen-bond donors (Lipinski definition) is 2. The summed E-state index contributed by atoms with van der Waals surface area (Å²) in [5, 5.41) is 12.5. The highest BCUT2D eigenvalue weighted by atomic mass is 32.2. The molecule has 0 spiro atoms. The van der Waals surface area contributed by atoms with Crippen molar-refractivity contribution in [2.75, 3.05) is 11.9 Å². The number of thiocarbonyl (C=S) groups is 1. The number of nitrogens with one attached hydrogen (secondary N) is 1. The van der Waals surface area contributed by atoms with Crippen molar-refractivity contribution >= 4 is 51.9 Å². The van der Waals surface area contributed by atoms with E-state index in [-0.39, 0.29) is 12.5 Å². The fourth-order valence-electron chi connectivity index (χ4n) is 3.74. The zero-order chi connectivity index (χ0) is 16.8. The van der Waals surface area contributed by atoms with E-state index in [4.69, 9.17) is 17.3 Å². The molecule has 1 amide bonds. The molecule has 2 unspecified atom stereocenters. The molecule has 124 valence electrons. The molecule has 1 aromatic carbocycles. The molecule has 2 fully saturated rings. The molecule has 2 heterocycles. The van der Waals surface area contributed by atoms with Gasteiger partial charge in [0.1, 0.15) is 10.9 Å². The molecule has 0 radical (unpaired) electrons. The number of amides is 1. The van der Waals surface area contributed by atoms with Crippen LogP contribution in [0.3, 0.4) is 0 Å². The van der Waals surface area contributed by atoms with Crippen LogP contribution < -0.4 is 5.32 Å². The van der Waals surface area contributed by atoms with Gasteiger partial charge >= 0.3 is 5.97 Å². The SMILES string of the molecule is O=C(O)CN1C(=O)/C(=C\c2ccc3c(c2)C2CCCC2N3)SC1=S. The lowest BCUT2D eigenvalue weighted by Crippen LogP contribution is -2.33. The maximum absolute atomic E-state index is 12.3. The van der Waals surface area contributed by atoms with E-state index in [1.807, 2.05) is 12.1 Å². The van der Waals surface area contributed by atoms with Gasteiger partial charge < -0.3 is 10.4 Å². The molecular formula is C17H16N2O3S2. The smallest absolute Gasteiger partial charge is 0.323 e. The molecule has 2 atom stereocenters. The average molecular weight is 360 g/mol. The minimum Gasteiger partial charge on any atom is -0.480 e. The van der Waals surface area contributed by atoms with Crippen molar-refractivity contribution in [3.63, 3.8) is 0 Å². The lowest BCUT2D eigenvalue weighted by Gasteiger charge is -2.10. The summed E-state index contributed by atoms with van der Waals surface area (Å²) in [7, 11) is 0. The van der Waals surface area contributed by atoms with Crippen molar-refractivity contribution in [3.05, 3.63) is 34.2 Å². The zero-order valence-corrected chi connectivity index (χ0v) is 14.5. The molecule has 2 N–H and O–H groups in total. The highest BCUT2D eigenvalue weighted by Gasteiger charge is 2.36. The van der Waals surface area contributed by atoms with Crippen LogP contribution in [0.2, 0.25) is 0 Å². The first-order valence-electron chi connectivity index (χ1n) is 7.90. The summed E-state index contributed by atoms with van der Waals surface area (Å²) < 4.78 is 0.298. The van der Waals surface area contributed by atoms with Crippen molar-refractivity contribution in [2.24, 2.45) is 0 Å². The van der Waals surface area contributed by atoms with E-state index in [2.05, 4.69) is 17.4 Å².